The molecule has 1 aromatic carbocycles. The first-order chi connectivity index (χ1) is 9.56. The van der Waals surface area contributed by atoms with E-state index in [1.54, 1.807) is 12.1 Å². The molecular formula is C13H20N2O4S. The van der Waals surface area contributed by atoms with Gasteiger partial charge in [-0.2, -0.15) is 0 Å². The summed E-state index contributed by atoms with van der Waals surface area (Å²) in [5, 5.41) is 3.18. The molecular weight excluding hydrogens is 280 g/mol. The van der Waals surface area contributed by atoms with E-state index in [1.165, 1.54) is 20.3 Å². The van der Waals surface area contributed by atoms with Crippen molar-refractivity contribution in [3.63, 3.8) is 0 Å². The highest BCUT2D eigenvalue weighted by Gasteiger charge is 2.25. The Balaban J connectivity index is 2.27. The number of methoxy groups -OCH3 is 2. The summed E-state index contributed by atoms with van der Waals surface area (Å²) in [6.07, 6.45) is 1.79. The third-order valence-corrected chi connectivity index (χ3v) is 4.82. The van der Waals surface area contributed by atoms with Crippen LogP contribution in [0.5, 0.6) is 11.5 Å². The Morgan fingerprint density at radius 3 is 2.70 bits per heavy atom. The maximum absolute atomic E-state index is 12.5. The third kappa shape index (κ3) is 3.41. The molecule has 0 saturated carbocycles. The molecule has 1 heterocycles. The van der Waals surface area contributed by atoms with E-state index in [0.29, 0.717) is 18.0 Å². The summed E-state index contributed by atoms with van der Waals surface area (Å²) < 4.78 is 37.9. The molecule has 1 atom stereocenters. The average molecular weight is 300 g/mol. The molecule has 0 aromatic heterocycles. The summed E-state index contributed by atoms with van der Waals surface area (Å²) >= 11 is 0. The van der Waals surface area contributed by atoms with Crippen molar-refractivity contribution < 1.29 is 17.9 Å². The summed E-state index contributed by atoms with van der Waals surface area (Å²) in [6, 6.07) is 4.63. The van der Waals surface area contributed by atoms with Gasteiger partial charge < -0.3 is 14.8 Å². The minimum Gasteiger partial charge on any atom is -0.497 e. The first-order valence-electron chi connectivity index (χ1n) is 6.52. The molecule has 1 aliphatic rings. The lowest BCUT2D eigenvalue weighted by Crippen LogP contribution is -2.45. The van der Waals surface area contributed by atoms with Crippen molar-refractivity contribution in [2.24, 2.45) is 0 Å². The lowest BCUT2D eigenvalue weighted by molar-refractivity contribution is 0.390. The van der Waals surface area contributed by atoms with Crippen LogP contribution in [0.15, 0.2) is 23.1 Å². The van der Waals surface area contributed by atoms with Gasteiger partial charge in [-0.1, -0.05) is 0 Å². The van der Waals surface area contributed by atoms with Crippen molar-refractivity contribution in [1.82, 2.24) is 10.0 Å². The van der Waals surface area contributed by atoms with Crippen molar-refractivity contribution in [2.45, 2.75) is 23.8 Å². The monoisotopic (exact) mass is 300 g/mol. The van der Waals surface area contributed by atoms with Gasteiger partial charge in [0.2, 0.25) is 10.0 Å². The van der Waals surface area contributed by atoms with Gasteiger partial charge in [0.1, 0.15) is 16.4 Å². The van der Waals surface area contributed by atoms with E-state index in [9.17, 15) is 8.42 Å². The first-order valence-corrected chi connectivity index (χ1v) is 8.00. The van der Waals surface area contributed by atoms with Crippen LogP contribution in [0.25, 0.3) is 0 Å². The van der Waals surface area contributed by atoms with Crippen LogP contribution in [0.1, 0.15) is 12.8 Å². The molecule has 1 fully saturated rings. The Kier molecular flexibility index (Phi) is 4.85. The van der Waals surface area contributed by atoms with Gasteiger partial charge in [0.05, 0.1) is 14.2 Å². The van der Waals surface area contributed by atoms with E-state index in [-0.39, 0.29) is 10.9 Å². The summed E-state index contributed by atoms with van der Waals surface area (Å²) in [7, 11) is -0.686. The van der Waals surface area contributed by atoms with Gasteiger partial charge in [-0.15, -0.1) is 0 Å². The van der Waals surface area contributed by atoms with Crippen LogP contribution in [-0.4, -0.2) is 41.8 Å². The Morgan fingerprint density at radius 2 is 2.10 bits per heavy atom. The van der Waals surface area contributed by atoms with Crippen molar-refractivity contribution in [3.8, 4) is 11.5 Å². The number of ether oxygens (including phenoxy) is 2. The second-order valence-electron chi connectivity index (χ2n) is 4.68. The molecule has 1 saturated heterocycles. The van der Waals surface area contributed by atoms with Crippen LogP contribution in [0.3, 0.4) is 0 Å². The highest BCUT2D eigenvalue weighted by Crippen LogP contribution is 2.28. The van der Waals surface area contributed by atoms with Gasteiger partial charge >= 0.3 is 0 Å². The number of sulfonamides is 1. The van der Waals surface area contributed by atoms with Crippen LogP contribution in [-0.2, 0) is 10.0 Å². The SMILES string of the molecule is COc1ccc(OC)c(S(=O)(=O)NC2CCCNC2)c1. The lowest BCUT2D eigenvalue weighted by atomic mass is 10.1. The summed E-state index contributed by atoms with van der Waals surface area (Å²) in [5.74, 6) is 0.787. The Labute approximate surface area is 119 Å². The molecule has 112 valence electrons. The molecule has 2 rings (SSSR count). The van der Waals surface area contributed by atoms with Crippen LogP contribution in [0.2, 0.25) is 0 Å². The number of nitrogens with one attached hydrogen (secondary N) is 2. The highest BCUT2D eigenvalue weighted by molar-refractivity contribution is 7.89. The van der Waals surface area contributed by atoms with Crippen molar-refractivity contribution in [3.05, 3.63) is 18.2 Å². The zero-order valence-corrected chi connectivity index (χ0v) is 12.5. The highest BCUT2D eigenvalue weighted by atomic mass is 32.2. The van der Waals surface area contributed by atoms with Crippen molar-refractivity contribution in [2.75, 3.05) is 27.3 Å². The van der Waals surface area contributed by atoms with Crippen molar-refractivity contribution >= 4 is 10.0 Å². The topological polar surface area (TPSA) is 76.7 Å². The fraction of sp³-hybridized carbons (Fsp3) is 0.538. The molecule has 1 aromatic rings. The van der Waals surface area contributed by atoms with Gasteiger partial charge in [0.15, 0.2) is 0 Å². The second-order valence-corrected chi connectivity index (χ2v) is 6.36. The van der Waals surface area contributed by atoms with Gasteiger partial charge in [0, 0.05) is 18.7 Å². The summed E-state index contributed by atoms with van der Waals surface area (Å²) in [5.41, 5.74) is 0. The Hall–Kier alpha value is -1.31. The molecule has 7 heteroatoms. The molecule has 0 spiro atoms. The van der Waals surface area contributed by atoms with Gasteiger partial charge in [-0.25, -0.2) is 13.1 Å². The van der Waals surface area contributed by atoms with Gasteiger partial charge in [-0.05, 0) is 31.5 Å². The molecule has 0 radical (unpaired) electrons. The largest absolute Gasteiger partial charge is 0.497 e. The Bertz CT molecular complexity index is 553. The number of rotatable bonds is 5. The quantitative estimate of drug-likeness (QED) is 0.838. The predicted octanol–water partition coefficient (Wildman–Crippen LogP) is 0.734. The van der Waals surface area contributed by atoms with Crippen LogP contribution in [0, 0.1) is 0 Å². The normalized spacial score (nSPS) is 19.6. The van der Waals surface area contributed by atoms with E-state index >= 15 is 0 Å². The van der Waals surface area contributed by atoms with Crippen LogP contribution in [0.4, 0.5) is 0 Å². The molecule has 6 nitrogen and oxygen atoms in total. The lowest BCUT2D eigenvalue weighted by Gasteiger charge is -2.24. The van der Waals surface area contributed by atoms with Gasteiger partial charge in [-0.3, -0.25) is 0 Å². The number of hydrogen-bond donors (Lipinski definition) is 2. The molecule has 0 aliphatic carbocycles. The first kappa shape index (κ1) is 15.1. The minimum absolute atomic E-state index is 0.0929. The zero-order chi connectivity index (χ0) is 14.6. The van der Waals surface area contributed by atoms with Gasteiger partial charge in [0.25, 0.3) is 0 Å². The number of benzene rings is 1. The van der Waals surface area contributed by atoms with E-state index in [2.05, 4.69) is 10.0 Å². The molecule has 1 aliphatic heterocycles. The van der Waals surface area contributed by atoms with Crippen LogP contribution < -0.4 is 19.5 Å². The number of hydrogen-bond acceptors (Lipinski definition) is 5. The van der Waals surface area contributed by atoms with E-state index in [1.807, 2.05) is 0 Å². The average Bonchev–Trinajstić information content (AvgIpc) is 2.47. The third-order valence-electron chi connectivity index (χ3n) is 3.28. The standard InChI is InChI=1S/C13H20N2O4S/c1-18-11-5-6-12(19-2)13(8-11)20(16,17)15-10-4-3-7-14-9-10/h5-6,8,10,14-15H,3-4,7,9H2,1-2H3. The summed E-state index contributed by atoms with van der Waals surface area (Å²) in [6.45, 7) is 1.58. The van der Waals surface area contributed by atoms with E-state index in [0.717, 1.165) is 19.4 Å². The molecule has 20 heavy (non-hydrogen) atoms. The fourth-order valence-electron chi connectivity index (χ4n) is 2.23. The Morgan fingerprint density at radius 1 is 1.30 bits per heavy atom. The van der Waals surface area contributed by atoms with Crippen LogP contribution >= 0.6 is 0 Å². The van der Waals surface area contributed by atoms with Crippen molar-refractivity contribution in [1.29, 1.82) is 0 Å². The zero-order valence-electron chi connectivity index (χ0n) is 11.7. The summed E-state index contributed by atoms with van der Waals surface area (Å²) in [4.78, 5) is 0.102. The predicted molar refractivity (Wildman–Crippen MR) is 75.8 cm³/mol. The molecule has 0 amide bonds. The van der Waals surface area contributed by atoms with E-state index < -0.39 is 10.0 Å². The van der Waals surface area contributed by atoms with E-state index in [4.69, 9.17) is 9.47 Å². The smallest absolute Gasteiger partial charge is 0.244 e. The second kappa shape index (κ2) is 6.43. The molecule has 0 bridgehead atoms. The number of piperidine rings is 1. The minimum atomic E-state index is -3.63. The maximum atomic E-state index is 12.5. The fourth-order valence-corrected chi connectivity index (χ4v) is 3.68. The molecule has 2 N–H and O–H groups in total. The maximum Gasteiger partial charge on any atom is 0.244 e. The molecule has 1 unspecified atom stereocenters.